The molecular formula is C20H27BN4O2. The van der Waals surface area contributed by atoms with Gasteiger partial charge in [0.05, 0.1) is 11.3 Å². The molecule has 4 bridgehead atoms. The summed E-state index contributed by atoms with van der Waals surface area (Å²) in [5.74, 6) is 1.91. The SMILES string of the molecule is CCN/N=C(\c1c(BO)cnc2[nH]ccc12)C1C2CC3CC1CC(O)(C3)C2. The van der Waals surface area contributed by atoms with Crippen LogP contribution in [0.15, 0.2) is 23.6 Å². The van der Waals surface area contributed by atoms with E-state index >= 15 is 0 Å². The highest BCUT2D eigenvalue weighted by atomic mass is 16.3. The van der Waals surface area contributed by atoms with Crippen LogP contribution in [-0.4, -0.2) is 45.4 Å². The summed E-state index contributed by atoms with van der Waals surface area (Å²) < 4.78 is 0. The van der Waals surface area contributed by atoms with Gasteiger partial charge in [0.1, 0.15) is 5.65 Å². The van der Waals surface area contributed by atoms with Crippen LogP contribution in [0.25, 0.3) is 11.0 Å². The van der Waals surface area contributed by atoms with Gasteiger partial charge in [-0.2, -0.15) is 5.10 Å². The van der Waals surface area contributed by atoms with Gasteiger partial charge in [-0.1, -0.05) is 0 Å². The van der Waals surface area contributed by atoms with Crippen LogP contribution in [0.1, 0.15) is 44.6 Å². The number of hydrogen-bond donors (Lipinski definition) is 4. The topological polar surface area (TPSA) is 93.5 Å². The van der Waals surface area contributed by atoms with Crippen molar-refractivity contribution < 1.29 is 10.1 Å². The molecule has 0 saturated heterocycles. The number of hydrogen-bond acceptors (Lipinski definition) is 5. The Bertz CT molecular complexity index is 879. The summed E-state index contributed by atoms with van der Waals surface area (Å²) in [6.45, 7) is 2.81. The van der Waals surface area contributed by atoms with E-state index in [1.165, 1.54) is 12.8 Å². The zero-order chi connectivity index (χ0) is 18.6. The van der Waals surface area contributed by atoms with E-state index in [1.807, 2.05) is 19.2 Å². The zero-order valence-corrected chi connectivity index (χ0v) is 15.8. The summed E-state index contributed by atoms with van der Waals surface area (Å²) >= 11 is 0. The molecule has 142 valence electrons. The Morgan fingerprint density at radius 3 is 2.81 bits per heavy atom. The smallest absolute Gasteiger partial charge is 0.307 e. The first-order valence-electron chi connectivity index (χ1n) is 10.2. The molecule has 6 nitrogen and oxygen atoms in total. The average Bonchev–Trinajstić information content (AvgIpc) is 3.10. The standard InChI is InChI=1S/C20H27BN4O2/c1-2-24-25-18(17-14-3-4-22-19(14)23-10-15(17)21-27)16-12-5-11-6-13(16)9-20(26,7-11)8-12/h3-4,10-13,16,21,24,26-27H,2,5-9H2,1H3,(H,22,23)/b25-18-. The van der Waals surface area contributed by atoms with Crippen molar-refractivity contribution in [2.45, 2.75) is 44.6 Å². The van der Waals surface area contributed by atoms with Crippen LogP contribution >= 0.6 is 0 Å². The molecular weight excluding hydrogens is 339 g/mol. The molecule has 4 aliphatic rings. The Kier molecular flexibility index (Phi) is 4.06. The van der Waals surface area contributed by atoms with Crippen LogP contribution in [0, 0.1) is 23.7 Å². The maximum atomic E-state index is 11.0. The van der Waals surface area contributed by atoms with Crippen LogP contribution < -0.4 is 10.9 Å². The third-order valence-corrected chi connectivity index (χ3v) is 7.01. The summed E-state index contributed by atoms with van der Waals surface area (Å²) in [5, 5.41) is 26.9. The fraction of sp³-hybridized carbons (Fsp3) is 0.600. The molecule has 7 heteroatoms. The van der Waals surface area contributed by atoms with E-state index in [4.69, 9.17) is 5.10 Å². The highest BCUT2D eigenvalue weighted by Gasteiger charge is 2.56. The summed E-state index contributed by atoms with van der Waals surface area (Å²) in [5.41, 5.74) is 6.45. The van der Waals surface area contributed by atoms with Crippen molar-refractivity contribution in [1.82, 2.24) is 15.4 Å². The van der Waals surface area contributed by atoms with Gasteiger partial charge in [-0.25, -0.2) is 4.98 Å². The van der Waals surface area contributed by atoms with E-state index in [0.717, 1.165) is 53.6 Å². The molecule has 2 unspecified atom stereocenters. The molecule has 0 spiro atoms. The van der Waals surface area contributed by atoms with Crippen molar-refractivity contribution in [3.8, 4) is 0 Å². The largest absolute Gasteiger partial charge is 0.449 e. The summed E-state index contributed by atoms with van der Waals surface area (Å²) in [6.07, 6.45) is 8.77. The van der Waals surface area contributed by atoms with Crippen molar-refractivity contribution in [3.63, 3.8) is 0 Å². The van der Waals surface area contributed by atoms with Gasteiger partial charge in [0.25, 0.3) is 0 Å². The van der Waals surface area contributed by atoms with E-state index in [-0.39, 0.29) is 7.48 Å². The number of nitrogens with one attached hydrogen (secondary N) is 2. The highest BCUT2D eigenvalue weighted by molar-refractivity contribution is 6.49. The highest BCUT2D eigenvalue weighted by Crippen LogP contribution is 2.59. The fourth-order valence-corrected chi connectivity index (χ4v) is 6.36. The van der Waals surface area contributed by atoms with Crippen molar-refractivity contribution in [1.29, 1.82) is 0 Å². The van der Waals surface area contributed by atoms with Gasteiger partial charge in [-0.05, 0) is 68.3 Å². The first-order chi connectivity index (χ1) is 13.1. The lowest BCUT2D eigenvalue weighted by atomic mass is 9.49. The molecule has 2 heterocycles. The van der Waals surface area contributed by atoms with Gasteiger partial charge < -0.3 is 20.5 Å². The molecule has 0 radical (unpaired) electrons. The minimum atomic E-state index is -0.461. The second kappa shape index (κ2) is 6.35. The molecule has 4 saturated carbocycles. The normalized spacial score (nSPS) is 35.0. The van der Waals surface area contributed by atoms with Gasteiger partial charge in [-0.15, -0.1) is 0 Å². The lowest BCUT2D eigenvalue weighted by molar-refractivity contribution is -0.137. The first kappa shape index (κ1) is 17.3. The van der Waals surface area contributed by atoms with Crippen LogP contribution in [0.5, 0.6) is 0 Å². The monoisotopic (exact) mass is 366 g/mol. The van der Waals surface area contributed by atoms with Gasteiger partial charge in [0.2, 0.25) is 0 Å². The number of aliphatic hydroxyl groups is 1. The van der Waals surface area contributed by atoms with Crippen molar-refractivity contribution in [3.05, 3.63) is 24.0 Å². The minimum Gasteiger partial charge on any atom is -0.449 e. The van der Waals surface area contributed by atoms with Crippen molar-refractivity contribution >= 4 is 29.7 Å². The number of pyridine rings is 1. The molecule has 0 aliphatic heterocycles. The van der Waals surface area contributed by atoms with Crippen molar-refractivity contribution in [2.75, 3.05) is 6.54 Å². The molecule has 6 rings (SSSR count). The molecule has 0 aromatic carbocycles. The predicted octanol–water partition coefficient (Wildman–Crippen LogP) is 1.03. The molecule has 0 amide bonds. The van der Waals surface area contributed by atoms with Gasteiger partial charge in [0.15, 0.2) is 0 Å². The molecule has 4 N–H and O–H groups in total. The lowest BCUT2D eigenvalue weighted by Crippen LogP contribution is -2.57. The lowest BCUT2D eigenvalue weighted by Gasteiger charge is -2.58. The Labute approximate surface area is 159 Å². The number of nitrogens with zero attached hydrogens (tertiary/aromatic N) is 2. The number of H-pyrrole nitrogens is 1. The molecule has 2 aromatic rings. The predicted molar refractivity (Wildman–Crippen MR) is 107 cm³/mol. The van der Waals surface area contributed by atoms with E-state index in [1.54, 1.807) is 6.20 Å². The quantitative estimate of drug-likeness (QED) is 0.361. The average molecular weight is 366 g/mol. The van der Waals surface area contributed by atoms with Crippen LogP contribution in [0.2, 0.25) is 0 Å². The summed E-state index contributed by atoms with van der Waals surface area (Å²) in [7, 11) is -0.0524. The van der Waals surface area contributed by atoms with E-state index in [0.29, 0.717) is 23.7 Å². The number of fused-ring (bicyclic) bond motifs is 1. The van der Waals surface area contributed by atoms with Gasteiger partial charge >= 0.3 is 7.48 Å². The third kappa shape index (κ3) is 2.71. The third-order valence-electron chi connectivity index (χ3n) is 7.01. The molecule has 2 aromatic heterocycles. The molecule has 27 heavy (non-hydrogen) atoms. The van der Waals surface area contributed by atoms with Crippen LogP contribution in [0.4, 0.5) is 0 Å². The van der Waals surface area contributed by atoms with Crippen molar-refractivity contribution in [2.24, 2.45) is 28.8 Å². The Morgan fingerprint density at radius 1 is 1.37 bits per heavy atom. The van der Waals surface area contributed by atoms with Gasteiger partial charge in [0, 0.05) is 35.8 Å². The number of rotatable bonds is 5. The van der Waals surface area contributed by atoms with E-state index < -0.39 is 5.60 Å². The second-order valence-electron chi connectivity index (χ2n) is 8.79. The fourth-order valence-electron chi connectivity index (χ4n) is 6.36. The Hall–Kier alpha value is -1.86. The molecule has 4 fully saturated rings. The summed E-state index contributed by atoms with van der Waals surface area (Å²) in [6, 6.07) is 2.03. The Balaban J connectivity index is 1.64. The number of aromatic amines is 1. The van der Waals surface area contributed by atoms with E-state index in [9.17, 15) is 10.1 Å². The van der Waals surface area contributed by atoms with Gasteiger partial charge in [-0.3, -0.25) is 0 Å². The van der Waals surface area contributed by atoms with E-state index in [2.05, 4.69) is 15.4 Å². The maximum absolute atomic E-state index is 11.0. The van der Waals surface area contributed by atoms with Crippen LogP contribution in [0.3, 0.4) is 0 Å². The second-order valence-corrected chi connectivity index (χ2v) is 8.79. The maximum Gasteiger partial charge on any atom is 0.307 e. The minimum absolute atomic E-state index is 0.0524. The summed E-state index contributed by atoms with van der Waals surface area (Å²) in [4.78, 5) is 7.64. The molecule has 4 aliphatic carbocycles. The number of hydrazone groups is 1. The zero-order valence-electron chi connectivity index (χ0n) is 15.8. The van der Waals surface area contributed by atoms with Crippen LogP contribution in [-0.2, 0) is 0 Å². The molecule has 2 atom stereocenters. The first-order valence-corrected chi connectivity index (χ1v) is 10.2. The number of aromatic nitrogens is 2. The Morgan fingerprint density at radius 2 is 2.15 bits per heavy atom.